The molecule has 2 rings (SSSR count). The molecule has 0 bridgehead atoms. The topological polar surface area (TPSA) is 77.8 Å². The van der Waals surface area contributed by atoms with E-state index in [0.29, 0.717) is 11.5 Å². The normalized spacial score (nSPS) is 10.3. The number of fused-ring (bicyclic) bond motifs is 1. The van der Waals surface area contributed by atoms with Gasteiger partial charge in [0, 0.05) is 16.5 Å². The van der Waals surface area contributed by atoms with Gasteiger partial charge in [-0.25, -0.2) is 0 Å². The smallest absolute Gasteiger partial charge is 0.154 e. The van der Waals surface area contributed by atoms with Gasteiger partial charge in [-0.15, -0.1) is 5.10 Å². The van der Waals surface area contributed by atoms with Crippen LogP contribution in [-0.4, -0.2) is 10.2 Å². The van der Waals surface area contributed by atoms with Gasteiger partial charge in [-0.1, -0.05) is 6.07 Å². The standard InChI is InChI=1S/C8H8N4/c9-6-2-1-5-4-11-12-8(10)7(5)3-6/h1-4H,9H2,(H2,10,12). The Labute approximate surface area is 69.2 Å². The molecule has 0 fully saturated rings. The van der Waals surface area contributed by atoms with Crippen LogP contribution in [0.3, 0.4) is 0 Å². The maximum atomic E-state index is 5.60. The SMILES string of the molecule is Nc1ccc2cnnc(N)c2c1. The monoisotopic (exact) mass is 160 g/mol. The summed E-state index contributed by atoms with van der Waals surface area (Å²) in [4.78, 5) is 0. The number of hydrogen-bond donors (Lipinski definition) is 2. The van der Waals surface area contributed by atoms with Gasteiger partial charge in [0.2, 0.25) is 0 Å². The molecule has 60 valence electrons. The molecule has 0 unspecified atom stereocenters. The highest BCUT2D eigenvalue weighted by molar-refractivity contribution is 5.92. The van der Waals surface area contributed by atoms with Crippen molar-refractivity contribution < 1.29 is 0 Å². The van der Waals surface area contributed by atoms with Crippen molar-refractivity contribution in [3.63, 3.8) is 0 Å². The summed E-state index contributed by atoms with van der Waals surface area (Å²) in [5.41, 5.74) is 11.9. The lowest BCUT2D eigenvalue weighted by Gasteiger charge is -1.99. The second kappa shape index (κ2) is 2.34. The van der Waals surface area contributed by atoms with E-state index in [0.717, 1.165) is 10.8 Å². The number of rotatable bonds is 0. The number of nitrogens with two attached hydrogens (primary N) is 2. The molecule has 0 radical (unpaired) electrons. The lowest BCUT2D eigenvalue weighted by molar-refractivity contribution is 1.06. The summed E-state index contributed by atoms with van der Waals surface area (Å²) in [6, 6.07) is 5.47. The van der Waals surface area contributed by atoms with Crippen LogP contribution < -0.4 is 11.5 Å². The fraction of sp³-hybridized carbons (Fsp3) is 0. The van der Waals surface area contributed by atoms with E-state index < -0.39 is 0 Å². The van der Waals surface area contributed by atoms with Crippen molar-refractivity contribution in [1.82, 2.24) is 10.2 Å². The average molecular weight is 160 g/mol. The molecule has 0 aliphatic heterocycles. The van der Waals surface area contributed by atoms with Crippen molar-refractivity contribution >= 4 is 22.3 Å². The van der Waals surface area contributed by atoms with E-state index in [2.05, 4.69) is 10.2 Å². The summed E-state index contributed by atoms with van der Waals surface area (Å²) >= 11 is 0. The minimum absolute atomic E-state index is 0.416. The van der Waals surface area contributed by atoms with E-state index in [9.17, 15) is 0 Å². The van der Waals surface area contributed by atoms with E-state index in [4.69, 9.17) is 11.5 Å². The summed E-state index contributed by atoms with van der Waals surface area (Å²) in [5, 5.41) is 9.25. The first-order valence-corrected chi connectivity index (χ1v) is 3.54. The Balaban J connectivity index is 2.88. The van der Waals surface area contributed by atoms with E-state index in [1.807, 2.05) is 12.1 Å². The van der Waals surface area contributed by atoms with Gasteiger partial charge in [0.1, 0.15) is 0 Å². The Hall–Kier alpha value is -1.84. The van der Waals surface area contributed by atoms with Gasteiger partial charge >= 0.3 is 0 Å². The van der Waals surface area contributed by atoms with Crippen molar-refractivity contribution in [2.75, 3.05) is 11.5 Å². The number of benzene rings is 1. The molecule has 2 aromatic rings. The van der Waals surface area contributed by atoms with Gasteiger partial charge in [0.15, 0.2) is 5.82 Å². The van der Waals surface area contributed by atoms with Crippen molar-refractivity contribution in [3.05, 3.63) is 24.4 Å². The van der Waals surface area contributed by atoms with Crippen LogP contribution in [0.5, 0.6) is 0 Å². The van der Waals surface area contributed by atoms with Gasteiger partial charge in [-0.05, 0) is 12.1 Å². The lowest BCUT2D eigenvalue weighted by Crippen LogP contribution is -1.94. The Morgan fingerprint density at radius 3 is 2.83 bits per heavy atom. The van der Waals surface area contributed by atoms with E-state index >= 15 is 0 Å². The van der Waals surface area contributed by atoms with Gasteiger partial charge in [0.05, 0.1) is 6.20 Å². The minimum atomic E-state index is 0.416. The summed E-state index contributed by atoms with van der Waals surface area (Å²) < 4.78 is 0. The maximum Gasteiger partial charge on any atom is 0.154 e. The molecule has 0 atom stereocenters. The molecule has 0 saturated heterocycles. The lowest BCUT2D eigenvalue weighted by atomic mass is 10.2. The third-order valence-electron chi connectivity index (χ3n) is 1.72. The van der Waals surface area contributed by atoms with Gasteiger partial charge in [0.25, 0.3) is 0 Å². The van der Waals surface area contributed by atoms with Crippen molar-refractivity contribution in [3.8, 4) is 0 Å². The van der Waals surface area contributed by atoms with E-state index in [-0.39, 0.29) is 0 Å². The van der Waals surface area contributed by atoms with Crippen LogP contribution in [0.25, 0.3) is 10.8 Å². The highest BCUT2D eigenvalue weighted by Crippen LogP contribution is 2.19. The molecule has 0 aliphatic rings. The molecule has 0 amide bonds. The van der Waals surface area contributed by atoms with Crippen molar-refractivity contribution in [1.29, 1.82) is 0 Å². The molecule has 1 aromatic heterocycles. The summed E-state index contributed by atoms with van der Waals surface area (Å²) in [6.45, 7) is 0. The number of anilines is 2. The van der Waals surface area contributed by atoms with Crippen LogP contribution in [0.15, 0.2) is 24.4 Å². The molecule has 0 saturated carbocycles. The van der Waals surface area contributed by atoms with Gasteiger partial charge < -0.3 is 11.5 Å². The van der Waals surface area contributed by atoms with E-state index in [1.165, 1.54) is 0 Å². The highest BCUT2D eigenvalue weighted by atomic mass is 15.1. The zero-order valence-corrected chi connectivity index (χ0v) is 6.36. The number of hydrogen-bond acceptors (Lipinski definition) is 4. The molecule has 1 heterocycles. The zero-order chi connectivity index (χ0) is 8.55. The Morgan fingerprint density at radius 2 is 2.00 bits per heavy atom. The van der Waals surface area contributed by atoms with Crippen molar-refractivity contribution in [2.24, 2.45) is 0 Å². The summed E-state index contributed by atoms with van der Waals surface area (Å²) in [5.74, 6) is 0.416. The first-order chi connectivity index (χ1) is 5.77. The van der Waals surface area contributed by atoms with Crippen LogP contribution >= 0.6 is 0 Å². The molecule has 1 aromatic carbocycles. The van der Waals surface area contributed by atoms with Gasteiger partial charge in [-0.2, -0.15) is 5.10 Å². The molecular formula is C8H8N4. The summed E-state index contributed by atoms with van der Waals surface area (Å²) in [7, 11) is 0. The fourth-order valence-electron chi connectivity index (χ4n) is 1.12. The van der Waals surface area contributed by atoms with Gasteiger partial charge in [-0.3, -0.25) is 0 Å². The third-order valence-corrected chi connectivity index (χ3v) is 1.72. The largest absolute Gasteiger partial charge is 0.399 e. The number of aromatic nitrogens is 2. The first-order valence-electron chi connectivity index (χ1n) is 3.54. The number of nitrogens with zero attached hydrogens (tertiary/aromatic N) is 2. The van der Waals surface area contributed by atoms with Crippen LogP contribution in [0, 0.1) is 0 Å². The zero-order valence-electron chi connectivity index (χ0n) is 6.36. The van der Waals surface area contributed by atoms with Crippen LogP contribution in [-0.2, 0) is 0 Å². The van der Waals surface area contributed by atoms with Crippen molar-refractivity contribution in [2.45, 2.75) is 0 Å². The second-order valence-corrected chi connectivity index (χ2v) is 2.58. The quantitative estimate of drug-likeness (QED) is 0.558. The second-order valence-electron chi connectivity index (χ2n) is 2.58. The molecule has 0 aliphatic carbocycles. The molecular weight excluding hydrogens is 152 g/mol. The fourth-order valence-corrected chi connectivity index (χ4v) is 1.12. The summed E-state index contributed by atoms with van der Waals surface area (Å²) in [6.07, 6.45) is 1.66. The molecule has 0 spiro atoms. The maximum absolute atomic E-state index is 5.60. The Kier molecular flexibility index (Phi) is 1.33. The molecule has 4 nitrogen and oxygen atoms in total. The van der Waals surface area contributed by atoms with Crippen LogP contribution in [0.1, 0.15) is 0 Å². The molecule has 12 heavy (non-hydrogen) atoms. The van der Waals surface area contributed by atoms with Crippen LogP contribution in [0.2, 0.25) is 0 Å². The average Bonchev–Trinajstić information content (AvgIpc) is 2.07. The minimum Gasteiger partial charge on any atom is -0.399 e. The Morgan fingerprint density at radius 1 is 1.17 bits per heavy atom. The van der Waals surface area contributed by atoms with E-state index in [1.54, 1.807) is 12.3 Å². The predicted molar refractivity (Wildman–Crippen MR) is 48.4 cm³/mol. The molecule has 4 N–H and O–H groups in total. The predicted octanol–water partition coefficient (Wildman–Crippen LogP) is 0.794. The number of nitrogen functional groups attached to an aromatic ring is 2. The first kappa shape index (κ1) is 6.84. The Bertz CT molecular complexity index is 424. The molecule has 4 heteroatoms. The third kappa shape index (κ3) is 0.934. The van der Waals surface area contributed by atoms with Crippen LogP contribution in [0.4, 0.5) is 11.5 Å². The highest BCUT2D eigenvalue weighted by Gasteiger charge is 1.98.